The Hall–Kier alpha value is -1.16. The van der Waals surface area contributed by atoms with E-state index >= 15 is 0 Å². The first kappa shape index (κ1) is 9.92. The lowest BCUT2D eigenvalue weighted by molar-refractivity contribution is 0.0253. The Kier molecular flexibility index (Phi) is 2.83. The highest BCUT2D eigenvalue weighted by molar-refractivity contribution is 5.11. The fourth-order valence-corrected chi connectivity index (χ4v) is 0.679. The van der Waals surface area contributed by atoms with E-state index in [4.69, 9.17) is 4.74 Å². The largest absolute Gasteiger partial charge is 0.473 e. The highest BCUT2D eigenvalue weighted by atomic mass is 19.1. The van der Waals surface area contributed by atoms with E-state index < -0.39 is 11.4 Å². The van der Waals surface area contributed by atoms with Crippen LogP contribution in [-0.2, 0) is 0 Å². The summed E-state index contributed by atoms with van der Waals surface area (Å²) in [6.07, 6.45) is 1.38. The molecule has 0 amide bonds. The molecule has 0 fully saturated rings. The molecule has 1 N–H and O–H groups in total. The van der Waals surface area contributed by atoms with E-state index in [2.05, 4.69) is 11.1 Å². The van der Waals surface area contributed by atoms with Crippen LogP contribution < -0.4 is 4.74 Å². The Balaban J connectivity index is 2.60. The highest BCUT2D eigenvalue weighted by Crippen LogP contribution is 2.12. The molecule has 3 nitrogen and oxygen atoms in total. The van der Waals surface area contributed by atoms with E-state index in [1.807, 2.05) is 0 Å². The van der Waals surface area contributed by atoms with Gasteiger partial charge in [0.2, 0.25) is 0 Å². The zero-order valence-electron chi connectivity index (χ0n) is 7.54. The highest BCUT2D eigenvalue weighted by Gasteiger charge is 2.15. The molecule has 0 atom stereocenters. The Labute approximate surface area is 76.2 Å². The number of aliphatic hydroxyl groups is 1. The normalized spacial score (nSPS) is 11.4. The van der Waals surface area contributed by atoms with Gasteiger partial charge in [-0.1, -0.05) is 0 Å². The molecule has 0 aromatic carbocycles. The molecule has 13 heavy (non-hydrogen) atoms. The van der Waals surface area contributed by atoms with Crippen LogP contribution >= 0.6 is 0 Å². The second-order valence-corrected chi connectivity index (χ2v) is 3.31. The number of hydrogen-bond acceptors (Lipinski definition) is 3. The van der Waals surface area contributed by atoms with Crippen LogP contribution in [0.1, 0.15) is 13.8 Å². The quantitative estimate of drug-likeness (QED) is 0.766. The molecular formula is C9H11FNO2. The number of hydrogen-bond donors (Lipinski definition) is 1. The van der Waals surface area contributed by atoms with E-state index in [-0.39, 0.29) is 12.5 Å². The smallest absolute Gasteiger partial charge is 0.251 e. The lowest BCUT2D eigenvalue weighted by Crippen LogP contribution is -2.28. The number of pyridine rings is 1. The van der Waals surface area contributed by atoms with E-state index in [0.717, 1.165) is 0 Å². The van der Waals surface area contributed by atoms with Crippen molar-refractivity contribution >= 4 is 0 Å². The molecule has 0 aliphatic heterocycles. The lowest BCUT2D eigenvalue weighted by Gasteiger charge is -2.17. The van der Waals surface area contributed by atoms with E-state index in [1.54, 1.807) is 13.8 Å². The Bertz CT molecular complexity index is 283. The Morgan fingerprint density at radius 1 is 1.69 bits per heavy atom. The zero-order chi connectivity index (χ0) is 9.90. The van der Waals surface area contributed by atoms with E-state index in [0.29, 0.717) is 0 Å². The third-order valence-electron chi connectivity index (χ3n) is 1.23. The zero-order valence-corrected chi connectivity index (χ0v) is 7.54. The van der Waals surface area contributed by atoms with Gasteiger partial charge in [0.25, 0.3) is 5.88 Å². The minimum absolute atomic E-state index is 0.00519. The number of ether oxygens (including phenoxy) is 1. The van der Waals surface area contributed by atoms with Gasteiger partial charge in [0.15, 0.2) is 5.82 Å². The maximum Gasteiger partial charge on any atom is 0.251 e. The predicted molar refractivity (Wildman–Crippen MR) is 44.8 cm³/mol. The van der Waals surface area contributed by atoms with Crippen LogP contribution in [0.15, 0.2) is 12.3 Å². The second kappa shape index (κ2) is 3.70. The molecular weight excluding hydrogens is 173 g/mol. The lowest BCUT2D eigenvalue weighted by atomic mass is 10.2. The molecule has 0 aliphatic carbocycles. The fraction of sp³-hybridized carbons (Fsp3) is 0.444. The van der Waals surface area contributed by atoms with Crippen molar-refractivity contribution in [3.8, 4) is 5.88 Å². The van der Waals surface area contributed by atoms with Gasteiger partial charge in [0, 0.05) is 12.3 Å². The van der Waals surface area contributed by atoms with Gasteiger partial charge in [0.1, 0.15) is 6.61 Å². The molecule has 0 saturated carbocycles. The molecule has 0 aliphatic rings. The maximum absolute atomic E-state index is 12.8. The van der Waals surface area contributed by atoms with Crippen LogP contribution in [0.2, 0.25) is 0 Å². The van der Waals surface area contributed by atoms with Crippen molar-refractivity contribution in [3.05, 3.63) is 24.1 Å². The van der Waals surface area contributed by atoms with Gasteiger partial charge < -0.3 is 9.84 Å². The maximum atomic E-state index is 12.8. The van der Waals surface area contributed by atoms with Crippen molar-refractivity contribution in [3.63, 3.8) is 0 Å². The van der Waals surface area contributed by atoms with Gasteiger partial charge in [-0.25, -0.2) is 9.37 Å². The van der Waals surface area contributed by atoms with Crippen molar-refractivity contribution in [2.75, 3.05) is 6.61 Å². The molecule has 0 spiro atoms. The van der Waals surface area contributed by atoms with Gasteiger partial charge >= 0.3 is 0 Å². The Morgan fingerprint density at radius 2 is 2.38 bits per heavy atom. The van der Waals surface area contributed by atoms with Crippen molar-refractivity contribution < 1.29 is 14.2 Å². The average molecular weight is 184 g/mol. The molecule has 0 bridgehead atoms. The van der Waals surface area contributed by atoms with Crippen molar-refractivity contribution in [1.29, 1.82) is 0 Å². The standard InChI is InChI=1S/C9H11FNO2/c1-9(2,12)6-13-8-7(10)4-3-5-11-8/h3,5,12H,6H2,1-2H3. The summed E-state index contributed by atoms with van der Waals surface area (Å²) in [5.41, 5.74) is -0.996. The predicted octanol–water partition coefficient (Wildman–Crippen LogP) is 1.17. The van der Waals surface area contributed by atoms with Crippen LogP contribution in [0.5, 0.6) is 5.88 Å². The summed E-state index contributed by atoms with van der Waals surface area (Å²) in [7, 11) is 0. The van der Waals surface area contributed by atoms with Crippen LogP contribution in [0.25, 0.3) is 0 Å². The molecule has 0 unspecified atom stereocenters. The Morgan fingerprint density at radius 3 is 2.92 bits per heavy atom. The van der Waals surface area contributed by atoms with Gasteiger partial charge in [0.05, 0.1) is 5.60 Å². The summed E-state index contributed by atoms with van der Waals surface area (Å²) in [4.78, 5) is 3.64. The molecule has 1 aromatic heterocycles. The van der Waals surface area contributed by atoms with Crippen molar-refractivity contribution in [1.82, 2.24) is 4.98 Å². The van der Waals surface area contributed by atoms with Gasteiger partial charge in [-0.2, -0.15) is 0 Å². The number of aromatic nitrogens is 1. The minimum Gasteiger partial charge on any atom is -0.473 e. The molecule has 4 heteroatoms. The first-order chi connectivity index (χ1) is 5.99. The molecule has 1 radical (unpaired) electrons. The summed E-state index contributed by atoms with van der Waals surface area (Å²) >= 11 is 0. The molecule has 71 valence electrons. The first-order valence-electron chi connectivity index (χ1n) is 3.86. The van der Waals surface area contributed by atoms with Crippen LogP contribution in [0.3, 0.4) is 0 Å². The van der Waals surface area contributed by atoms with Crippen LogP contribution in [0, 0.1) is 11.9 Å². The van der Waals surface area contributed by atoms with Gasteiger partial charge in [-0.3, -0.25) is 0 Å². The number of nitrogens with zero attached hydrogens (tertiary/aromatic N) is 1. The number of rotatable bonds is 3. The third kappa shape index (κ3) is 3.38. The summed E-state index contributed by atoms with van der Waals surface area (Å²) in [5, 5.41) is 9.28. The topological polar surface area (TPSA) is 42.4 Å². The SMILES string of the molecule is CC(C)(O)COc1ncc[c]c1F. The minimum atomic E-state index is -0.996. The van der Waals surface area contributed by atoms with Gasteiger partial charge in [-0.15, -0.1) is 0 Å². The second-order valence-electron chi connectivity index (χ2n) is 3.31. The molecule has 1 aromatic rings. The van der Waals surface area contributed by atoms with Crippen molar-refractivity contribution in [2.45, 2.75) is 19.4 Å². The third-order valence-corrected chi connectivity index (χ3v) is 1.23. The van der Waals surface area contributed by atoms with E-state index in [1.165, 1.54) is 12.3 Å². The average Bonchev–Trinajstić information content (AvgIpc) is 2.01. The summed E-state index contributed by atoms with van der Waals surface area (Å²) < 4.78 is 17.8. The number of halogens is 1. The summed E-state index contributed by atoms with van der Waals surface area (Å²) in [6, 6.07) is 3.65. The van der Waals surface area contributed by atoms with Crippen LogP contribution in [-0.4, -0.2) is 22.3 Å². The summed E-state index contributed by atoms with van der Waals surface area (Å²) in [5.74, 6) is -0.781. The van der Waals surface area contributed by atoms with E-state index in [9.17, 15) is 9.50 Å². The first-order valence-corrected chi connectivity index (χ1v) is 3.86. The summed E-state index contributed by atoms with van der Waals surface area (Å²) in [6.45, 7) is 3.13. The van der Waals surface area contributed by atoms with Crippen LogP contribution in [0.4, 0.5) is 4.39 Å². The molecule has 1 rings (SSSR count). The van der Waals surface area contributed by atoms with Crippen molar-refractivity contribution in [2.24, 2.45) is 0 Å². The molecule has 1 heterocycles. The molecule has 0 saturated heterocycles. The monoisotopic (exact) mass is 184 g/mol. The van der Waals surface area contributed by atoms with Gasteiger partial charge in [-0.05, 0) is 19.9 Å². The fourth-order valence-electron chi connectivity index (χ4n) is 0.679.